The number of hydrazone groups is 1. The van der Waals surface area contributed by atoms with Crippen LogP contribution in [0.4, 0.5) is 0 Å². The highest BCUT2D eigenvalue weighted by molar-refractivity contribution is 9.10. The molecule has 1 amide bonds. The number of aryl methyl sites for hydroxylation is 1. The maximum atomic E-state index is 12.5. The van der Waals surface area contributed by atoms with E-state index in [1.165, 1.54) is 0 Å². The van der Waals surface area contributed by atoms with E-state index in [1.807, 2.05) is 54.9 Å². The Bertz CT molecular complexity index is 1010. The van der Waals surface area contributed by atoms with E-state index < -0.39 is 0 Å². The zero-order valence-electron chi connectivity index (χ0n) is 15.3. The molecule has 6 nitrogen and oxygen atoms in total. The van der Waals surface area contributed by atoms with Crippen LogP contribution in [0, 0.1) is 0 Å². The van der Waals surface area contributed by atoms with Gasteiger partial charge in [0.25, 0.3) is 5.91 Å². The Morgan fingerprint density at radius 1 is 1.30 bits per heavy atom. The minimum absolute atomic E-state index is 0.276. The van der Waals surface area contributed by atoms with Gasteiger partial charge in [-0.15, -0.1) is 0 Å². The first-order chi connectivity index (χ1) is 13.0. The number of ether oxygens (including phenoxy) is 2. The average molecular weight is 430 g/mol. The number of fused-ring (bicyclic) bond motifs is 1. The van der Waals surface area contributed by atoms with Crippen LogP contribution in [0.2, 0.25) is 0 Å². The van der Waals surface area contributed by atoms with Gasteiger partial charge in [0.05, 0.1) is 24.4 Å². The Morgan fingerprint density at radius 2 is 2.07 bits per heavy atom. The maximum absolute atomic E-state index is 12.5. The lowest BCUT2D eigenvalue weighted by Gasteiger charge is -2.11. The van der Waals surface area contributed by atoms with E-state index in [0.717, 1.165) is 20.9 Å². The Kier molecular flexibility index (Phi) is 5.81. The second kappa shape index (κ2) is 8.26. The van der Waals surface area contributed by atoms with Crippen LogP contribution in [0.15, 0.2) is 52.0 Å². The lowest BCUT2D eigenvalue weighted by atomic mass is 10.2. The van der Waals surface area contributed by atoms with Crippen LogP contribution in [-0.4, -0.2) is 30.4 Å². The van der Waals surface area contributed by atoms with Crippen LogP contribution >= 0.6 is 15.9 Å². The van der Waals surface area contributed by atoms with Crippen molar-refractivity contribution in [2.24, 2.45) is 12.1 Å². The Hall–Kier alpha value is -2.80. The van der Waals surface area contributed by atoms with Crippen molar-refractivity contribution in [2.45, 2.75) is 6.92 Å². The highest BCUT2D eigenvalue weighted by atomic mass is 79.9. The van der Waals surface area contributed by atoms with Crippen LogP contribution in [0.3, 0.4) is 0 Å². The molecule has 0 aliphatic carbocycles. The average Bonchev–Trinajstić information content (AvgIpc) is 3.01. The fourth-order valence-corrected chi connectivity index (χ4v) is 3.40. The van der Waals surface area contributed by atoms with Crippen molar-refractivity contribution in [2.75, 3.05) is 13.7 Å². The predicted molar refractivity (Wildman–Crippen MR) is 110 cm³/mol. The molecule has 0 aliphatic rings. The van der Waals surface area contributed by atoms with Gasteiger partial charge in [-0.1, -0.05) is 18.2 Å². The van der Waals surface area contributed by atoms with Gasteiger partial charge in [0.15, 0.2) is 11.5 Å². The third kappa shape index (κ3) is 3.98. The minimum atomic E-state index is -0.276. The standard InChI is InChI=1S/C20H20BrN3O3/c1-4-27-19-15(21)9-13(10-18(19)26-3)12-22-23-20(25)17-11-14-7-5-6-8-16(14)24(17)2/h5-12H,4H2,1-3H3,(H,23,25)/b22-12+. The summed E-state index contributed by atoms with van der Waals surface area (Å²) >= 11 is 3.47. The lowest BCUT2D eigenvalue weighted by molar-refractivity contribution is 0.0947. The molecule has 0 saturated heterocycles. The van der Waals surface area contributed by atoms with Crippen molar-refractivity contribution in [3.8, 4) is 11.5 Å². The predicted octanol–water partition coefficient (Wildman–Crippen LogP) is 4.11. The molecular formula is C20H20BrN3O3. The summed E-state index contributed by atoms with van der Waals surface area (Å²) in [6, 6.07) is 13.3. The lowest BCUT2D eigenvalue weighted by Crippen LogP contribution is -2.20. The Morgan fingerprint density at radius 3 is 2.78 bits per heavy atom. The molecule has 1 aromatic heterocycles. The number of nitrogens with zero attached hydrogens (tertiary/aromatic N) is 2. The smallest absolute Gasteiger partial charge is 0.287 e. The maximum Gasteiger partial charge on any atom is 0.287 e. The Labute approximate surface area is 165 Å². The summed E-state index contributed by atoms with van der Waals surface area (Å²) in [4.78, 5) is 12.5. The molecule has 0 unspecified atom stereocenters. The summed E-state index contributed by atoms with van der Waals surface area (Å²) in [6.45, 7) is 2.44. The highest BCUT2D eigenvalue weighted by Crippen LogP contribution is 2.36. The number of para-hydroxylation sites is 1. The zero-order chi connectivity index (χ0) is 19.4. The van der Waals surface area contributed by atoms with Gasteiger partial charge in [-0.2, -0.15) is 5.10 Å². The van der Waals surface area contributed by atoms with Gasteiger partial charge in [-0.05, 0) is 52.7 Å². The summed E-state index contributed by atoms with van der Waals surface area (Å²) in [7, 11) is 3.43. The van der Waals surface area contributed by atoms with Crippen LogP contribution in [0.5, 0.6) is 11.5 Å². The molecule has 27 heavy (non-hydrogen) atoms. The number of amides is 1. The molecule has 0 saturated carbocycles. The SMILES string of the molecule is CCOc1c(Br)cc(/C=N/NC(=O)c2cc3ccccc3n2C)cc1OC. The largest absolute Gasteiger partial charge is 0.493 e. The first-order valence-corrected chi connectivity index (χ1v) is 9.22. The molecule has 2 aromatic carbocycles. The third-order valence-electron chi connectivity index (χ3n) is 4.10. The van der Waals surface area contributed by atoms with Crippen molar-refractivity contribution >= 4 is 39.0 Å². The highest BCUT2D eigenvalue weighted by Gasteiger charge is 2.13. The summed E-state index contributed by atoms with van der Waals surface area (Å²) in [5, 5.41) is 5.07. The molecule has 1 N–H and O–H groups in total. The van der Waals surface area contributed by atoms with E-state index >= 15 is 0 Å². The van der Waals surface area contributed by atoms with Crippen LogP contribution in [0.1, 0.15) is 23.0 Å². The normalized spacial score (nSPS) is 11.1. The van der Waals surface area contributed by atoms with Gasteiger partial charge >= 0.3 is 0 Å². The summed E-state index contributed by atoms with van der Waals surface area (Å²) in [5.74, 6) is 0.950. The molecule has 0 spiro atoms. The number of benzene rings is 2. The molecule has 3 rings (SSSR count). The number of rotatable bonds is 6. The number of carbonyl (C=O) groups is 1. The van der Waals surface area contributed by atoms with Crippen LogP contribution in [0.25, 0.3) is 10.9 Å². The molecule has 0 bridgehead atoms. The van der Waals surface area contributed by atoms with E-state index in [1.54, 1.807) is 19.4 Å². The van der Waals surface area contributed by atoms with Crippen molar-refractivity contribution < 1.29 is 14.3 Å². The summed E-state index contributed by atoms with van der Waals surface area (Å²) < 4.78 is 13.5. The van der Waals surface area contributed by atoms with Gasteiger partial charge < -0.3 is 14.0 Å². The van der Waals surface area contributed by atoms with Crippen molar-refractivity contribution in [3.05, 3.63) is 58.2 Å². The van der Waals surface area contributed by atoms with Crippen LogP contribution in [-0.2, 0) is 7.05 Å². The fourth-order valence-electron chi connectivity index (χ4n) is 2.83. The second-order valence-electron chi connectivity index (χ2n) is 5.81. The fraction of sp³-hybridized carbons (Fsp3) is 0.200. The summed E-state index contributed by atoms with van der Waals surface area (Å²) in [5.41, 5.74) is 4.86. The number of halogens is 1. The number of hydrogen-bond acceptors (Lipinski definition) is 4. The van der Waals surface area contributed by atoms with Gasteiger partial charge in [0.2, 0.25) is 0 Å². The topological polar surface area (TPSA) is 64.8 Å². The Balaban J connectivity index is 1.77. The number of methoxy groups -OCH3 is 1. The van der Waals surface area contributed by atoms with E-state index in [2.05, 4.69) is 26.5 Å². The van der Waals surface area contributed by atoms with Gasteiger partial charge in [-0.25, -0.2) is 5.43 Å². The number of carbonyl (C=O) groups excluding carboxylic acids is 1. The molecule has 140 valence electrons. The number of nitrogens with one attached hydrogen (secondary N) is 1. The molecular weight excluding hydrogens is 410 g/mol. The van der Waals surface area contributed by atoms with E-state index in [-0.39, 0.29) is 5.91 Å². The zero-order valence-corrected chi connectivity index (χ0v) is 16.9. The van der Waals surface area contributed by atoms with E-state index in [9.17, 15) is 4.79 Å². The molecule has 3 aromatic rings. The first kappa shape index (κ1) is 19.0. The summed E-state index contributed by atoms with van der Waals surface area (Å²) in [6.07, 6.45) is 1.56. The molecule has 7 heteroatoms. The molecule has 0 atom stereocenters. The van der Waals surface area contributed by atoms with Gasteiger partial charge in [0, 0.05) is 18.0 Å². The second-order valence-corrected chi connectivity index (χ2v) is 6.67. The van der Waals surface area contributed by atoms with E-state index in [0.29, 0.717) is 23.8 Å². The van der Waals surface area contributed by atoms with Crippen molar-refractivity contribution in [1.82, 2.24) is 9.99 Å². The molecule has 0 radical (unpaired) electrons. The van der Waals surface area contributed by atoms with Crippen molar-refractivity contribution in [3.63, 3.8) is 0 Å². The monoisotopic (exact) mass is 429 g/mol. The number of hydrogen-bond donors (Lipinski definition) is 1. The van der Waals surface area contributed by atoms with Gasteiger partial charge in [-0.3, -0.25) is 4.79 Å². The third-order valence-corrected chi connectivity index (χ3v) is 4.69. The van der Waals surface area contributed by atoms with Gasteiger partial charge in [0.1, 0.15) is 5.69 Å². The minimum Gasteiger partial charge on any atom is -0.493 e. The molecule has 1 heterocycles. The quantitative estimate of drug-likeness (QED) is 0.473. The first-order valence-electron chi connectivity index (χ1n) is 8.43. The van der Waals surface area contributed by atoms with Crippen molar-refractivity contribution in [1.29, 1.82) is 0 Å². The molecule has 0 fully saturated rings. The number of aromatic nitrogens is 1. The van der Waals surface area contributed by atoms with Crippen LogP contribution < -0.4 is 14.9 Å². The molecule has 0 aliphatic heterocycles. The van der Waals surface area contributed by atoms with E-state index in [4.69, 9.17) is 9.47 Å².